The zero-order valence-corrected chi connectivity index (χ0v) is 28.7. The van der Waals surface area contributed by atoms with E-state index in [0.717, 1.165) is 22.7 Å². The van der Waals surface area contributed by atoms with Gasteiger partial charge in [-0.15, -0.1) is 0 Å². The third-order valence-corrected chi connectivity index (χ3v) is 10.7. The molecule has 2 heteroatoms. The number of fused-ring (bicyclic) bond motifs is 2. The van der Waals surface area contributed by atoms with E-state index >= 15 is 0 Å². The molecule has 0 fully saturated rings. The summed E-state index contributed by atoms with van der Waals surface area (Å²) >= 11 is 0. The van der Waals surface area contributed by atoms with Crippen LogP contribution in [0.25, 0.3) is 33.4 Å². The van der Waals surface area contributed by atoms with Crippen molar-refractivity contribution in [3.8, 4) is 33.4 Å². The smallest absolute Gasteiger partial charge is 0.0467 e. The topological polar surface area (TPSA) is 6.48 Å². The van der Waals surface area contributed by atoms with Gasteiger partial charge in [0.2, 0.25) is 0 Å². The zero-order valence-electron chi connectivity index (χ0n) is 28.7. The molecule has 0 atom stereocenters. The molecule has 0 aliphatic heterocycles. The molecule has 50 heavy (non-hydrogen) atoms. The fourth-order valence-electron chi connectivity index (χ4n) is 7.44. The second-order valence-corrected chi connectivity index (χ2v) is 13.9. The number of aryl methyl sites for hydroxylation is 5. The van der Waals surface area contributed by atoms with Gasteiger partial charge in [0.25, 0.3) is 0 Å². The molecule has 0 aromatic heterocycles. The van der Waals surface area contributed by atoms with Gasteiger partial charge < -0.3 is 9.80 Å². The van der Waals surface area contributed by atoms with E-state index in [4.69, 9.17) is 0 Å². The largest absolute Gasteiger partial charge is 0.345 e. The molecule has 0 saturated heterocycles. The van der Waals surface area contributed by atoms with Crippen LogP contribution in [0.1, 0.15) is 27.8 Å². The molecule has 242 valence electrons. The van der Waals surface area contributed by atoms with Crippen LogP contribution in [0.2, 0.25) is 0 Å². The van der Waals surface area contributed by atoms with Crippen LogP contribution in [0.3, 0.4) is 0 Å². The van der Waals surface area contributed by atoms with E-state index in [-0.39, 0.29) is 0 Å². The van der Waals surface area contributed by atoms with Gasteiger partial charge in [0.05, 0.1) is 0 Å². The average Bonchev–Trinajstić information content (AvgIpc) is 3.14. The summed E-state index contributed by atoms with van der Waals surface area (Å²) < 4.78 is 0. The van der Waals surface area contributed by atoms with E-state index in [1.54, 1.807) is 0 Å². The summed E-state index contributed by atoms with van der Waals surface area (Å²) in [5.74, 6) is 0. The second-order valence-electron chi connectivity index (χ2n) is 13.9. The summed E-state index contributed by atoms with van der Waals surface area (Å²) in [6.07, 6.45) is 4.81. The molecule has 0 N–H and O–H groups in total. The quantitative estimate of drug-likeness (QED) is 0.162. The van der Waals surface area contributed by atoms with Crippen LogP contribution in [-0.4, -0.2) is 7.05 Å². The highest BCUT2D eigenvalue weighted by Gasteiger charge is 2.17. The van der Waals surface area contributed by atoms with Gasteiger partial charge in [0.1, 0.15) is 0 Å². The third-order valence-electron chi connectivity index (χ3n) is 10.7. The molecule has 0 saturated carbocycles. The lowest BCUT2D eigenvalue weighted by Gasteiger charge is -2.26. The number of nitrogens with zero attached hydrogens (tertiary/aromatic N) is 2. The molecule has 0 unspecified atom stereocenters. The lowest BCUT2D eigenvalue weighted by molar-refractivity contribution is 0.840. The van der Waals surface area contributed by atoms with Gasteiger partial charge in [-0.1, -0.05) is 103 Å². The van der Waals surface area contributed by atoms with Crippen LogP contribution in [0, 0.1) is 6.92 Å². The lowest BCUT2D eigenvalue weighted by atomic mass is 9.86. The van der Waals surface area contributed by atoms with Crippen molar-refractivity contribution < 1.29 is 0 Å². The first-order valence-corrected chi connectivity index (χ1v) is 17.8. The van der Waals surface area contributed by atoms with Crippen LogP contribution < -0.4 is 9.80 Å². The Morgan fingerprint density at radius 3 is 1.26 bits per heavy atom. The summed E-state index contributed by atoms with van der Waals surface area (Å²) in [6.45, 7) is 2.14. The van der Waals surface area contributed by atoms with E-state index in [1.165, 1.54) is 92.6 Å². The maximum atomic E-state index is 2.37. The Hall–Kier alpha value is -5.86. The van der Waals surface area contributed by atoms with Gasteiger partial charge >= 0.3 is 0 Å². The Morgan fingerprint density at radius 1 is 0.340 bits per heavy atom. The maximum absolute atomic E-state index is 2.37. The summed E-state index contributed by atoms with van der Waals surface area (Å²) in [5, 5.41) is 0. The molecule has 2 nitrogen and oxygen atoms in total. The van der Waals surface area contributed by atoms with Gasteiger partial charge in [-0.25, -0.2) is 0 Å². The predicted molar refractivity (Wildman–Crippen MR) is 211 cm³/mol. The van der Waals surface area contributed by atoms with E-state index < -0.39 is 0 Å². The molecule has 7 aromatic rings. The molecule has 0 amide bonds. The fourth-order valence-corrected chi connectivity index (χ4v) is 7.44. The van der Waals surface area contributed by atoms with Crippen molar-refractivity contribution in [2.24, 2.45) is 0 Å². The average molecular weight is 645 g/mol. The summed E-state index contributed by atoms with van der Waals surface area (Å²) in [5.41, 5.74) is 20.5. The Bertz CT molecular complexity index is 2330. The van der Waals surface area contributed by atoms with Gasteiger partial charge in [-0.2, -0.15) is 0 Å². The van der Waals surface area contributed by atoms with Crippen molar-refractivity contribution in [3.05, 3.63) is 186 Å². The zero-order chi connectivity index (χ0) is 33.6. The number of rotatable bonds is 8. The minimum absolute atomic E-state index is 1.14. The second kappa shape index (κ2) is 12.5. The minimum Gasteiger partial charge on any atom is -0.345 e. The predicted octanol–water partition coefficient (Wildman–Crippen LogP) is 12.4. The molecule has 0 radical (unpaired) electrons. The number of anilines is 5. The van der Waals surface area contributed by atoms with Gasteiger partial charge in [-0.3, -0.25) is 0 Å². The van der Waals surface area contributed by atoms with Crippen molar-refractivity contribution in [1.82, 2.24) is 0 Å². The van der Waals surface area contributed by atoms with Crippen molar-refractivity contribution in [3.63, 3.8) is 0 Å². The number of benzene rings is 7. The Kier molecular flexibility index (Phi) is 7.58. The minimum atomic E-state index is 1.14. The standard InChI is InChI=1S/C48H40N2/c1-33-9-23-45(24-10-33)50(48-8-4-6-39(32-48)43-18-14-37-12-16-41(37)30-43)46-27-21-35(22-28-46)34-19-25-44(26-20-34)49(2)47-7-3-5-38(31-47)42-17-13-36-11-15-40(36)29-42/h3-10,13-14,17-32H,11-12,15-16H2,1-2H3. The Morgan fingerprint density at radius 2 is 0.760 bits per heavy atom. The monoisotopic (exact) mass is 644 g/mol. The van der Waals surface area contributed by atoms with Crippen molar-refractivity contribution in [2.75, 3.05) is 16.8 Å². The third kappa shape index (κ3) is 5.67. The highest BCUT2D eigenvalue weighted by Crippen LogP contribution is 2.39. The first kappa shape index (κ1) is 30.2. The molecule has 0 bridgehead atoms. The molecule has 2 aliphatic carbocycles. The molecular formula is C48H40N2. The molecule has 0 spiro atoms. The molecule has 7 aromatic carbocycles. The van der Waals surface area contributed by atoms with Gasteiger partial charge in [0.15, 0.2) is 0 Å². The molecular weight excluding hydrogens is 605 g/mol. The van der Waals surface area contributed by atoms with Crippen molar-refractivity contribution in [1.29, 1.82) is 0 Å². The first-order valence-electron chi connectivity index (χ1n) is 17.8. The maximum Gasteiger partial charge on any atom is 0.0467 e. The summed E-state index contributed by atoms with van der Waals surface area (Å²) in [4.78, 5) is 4.63. The molecule has 2 aliphatic rings. The highest BCUT2D eigenvalue weighted by atomic mass is 15.1. The van der Waals surface area contributed by atoms with E-state index in [0.29, 0.717) is 0 Å². The summed E-state index contributed by atoms with van der Waals surface area (Å²) in [7, 11) is 2.15. The van der Waals surface area contributed by atoms with Crippen LogP contribution in [0.4, 0.5) is 28.4 Å². The molecule has 0 heterocycles. The van der Waals surface area contributed by atoms with E-state index in [9.17, 15) is 0 Å². The van der Waals surface area contributed by atoms with E-state index in [2.05, 4.69) is 181 Å². The van der Waals surface area contributed by atoms with Crippen LogP contribution >= 0.6 is 0 Å². The fraction of sp³-hybridized carbons (Fsp3) is 0.125. The van der Waals surface area contributed by atoms with Crippen LogP contribution in [-0.2, 0) is 25.7 Å². The van der Waals surface area contributed by atoms with Crippen LogP contribution in [0.15, 0.2) is 158 Å². The van der Waals surface area contributed by atoms with Crippen molar-refractivity contribution in [2.45, 2.75) is 32.6 Å². The molecule has 9 rings (SSSR count). The first-order chi connectivity index (χ1) is 24.6. The Balaban J connectivity index is 0.977. The summed E-state index contributed by atoms with van der Waals surface area (Å²) in [6, 6.07) is 58.4. The normalized spacial score (nSPS) is 12.7. The van der Waals surface area contributed by atoms with Gasteiger partial charge in [0, 0.05) is 35.5 Å². The highest BCUT2D eigenvalue weighted by molar-refractivity contribution is 5.82. The van der Waals surface area contributed by atoms with Crippen LogP contribution in [0.5, 0.6) is 0 Å². The SMILES string of the molecule is Cc1ccc(N(c2ccc(-c3ccc(N(C)c4cccc(-c5ccc6c(c5)CC6)c4)cc3)cc2)c2cccc(-c3ccc4c(c3)CC4)c2)cc1. The Labute approximate surface area is 295 Å². The number of hydrogen-bond acceptors (Lipinski definition) is 2. The lowest BCUT2D eigenvalue weighted by Crippen LogP contribution is -2.10. The van der Waals surface area contributed by atoms with E-state index in [1.807, 2.05) is 0 Å². The van der Waals surface area contributed by atoms with Gasteiger partial charge in [-0.05, 0) is 149 Å². The number of hydrogen-bond donors (Lipinski definition) is 0. The van der Waals surface area contributed by atoms with Crippen molar-refractivity contribution >= 4 is 28.4 Å².